The van der Waals surface area contributed by atoms with Gasteiger partial charge in [-0.25, -0.2) is 0 Å². The minimum Gasteiger partial charge on any atom is -0.468 e. The molecule has 112 valence electrons. The van der Waals surface area contributed by atoms with Gasteiger partial charge in [-0.15, -0.1) is 0 Å². The van der Waals surface area contributed by atoms with Crippen molar-refractivity contribution >= 4 is 5.97 Å². The van der Waals surface area contributed by atoms with Crippen LogP contribution in [-0.2, 0) is 14.3 Å². The van der Waals surface area contributed by atoms with E-state index in [2.05, 4.69) is 12.2 Å². The number of hydrogen-bond acceptors (Lipinski definition) is 4. The molecule has 1 N–H and O–H groups in total. The Kier molecular flexibility index (Phi) is 6.80. The highest BCUT2D eigenvalue weighted by Gasteiger charge is 2.33. The van der Waals surface area contributed by atoms with Gasteiger partial charge in [-0.3, -0.25) is 4.79 Å². The van der Waals surface area contributed by atoms with Crippen molar-refractivity contribution in [1.29, 1.82) is 0 Å². The summed E-state index contributed by atoms with van der Waals surface area (Å²) >= 11 is 0. The predicted molar refractivity (Wildman–Crippen MR) is 76.1 cm³/mol. The molecule has 1 saturated carbocycles. The van der Waals surface area contributed by atoms with Gasteiger partial charge in [0.2, 0.25) is 0 Å². The normalized spacial score (nSPS) is 26.7. The van der Waals surface area contributed by atoms with Crippen molar-refractivity contribution in [2.24, 2.45) is 5.92 Å². The molecule has 0 spiro atoms. The summed E-state index contributed by atoms with van der Waals surface area (Å²) in [6.07, 6.45) is 5.84. The molecule has 4 nitrogen and oxygen atoms in total. The maximum Gasteiger partial charge on any atom is 0.325 e. The second-order valence-corrected chi connectivity index (χ2v) is 5.86. The van der Waals surface area contributed by atoms with E-state index in [1.165, 1.54) is 20.0 Å². The van der Waals surface area contributed by atoms with Gasteiger partial charge in [0.05, 0.1) is 13.2 Å². The van der Waals surface area contributed by atoms with Gasteiger partial charge < -0.3 is 14.8 Å². The van der Waals surface area contributed by atoms with Crippen LogP contribution in [0.15, 0.2) is 0 Å². The lowest BCUT2D eigenvalue weighted by Crippen LogP contribution is -2.51. The first-order valence-electron chi connectivity index (χ1n) is 7.47. The van der Waals surface area contributed by atoms with Crippen molar-refractivity contribution in [3.8, 4) is 0 Å². The molecule has 0 saturated heterocycles. The number of hydrogen-bond donors (Lipinski definition) is 1. The SMILES string of the molecule is CCNC(C)(CCOC1CCC(C)CC1)C(=O)OC. The van der Waals surface area contributed by atoms with E-state index in [1.54, 1.807) is 0 Å². The highest BCUT2D eigenvalue weighted by atomic mass is 16.5. The molecule has 1 aliphatic rings. The molecule has 0 bridgehead atoms. The van der Waals surface area contributed by atoms with Crippen molar-refractivity contribution in [2.45, 2.75) is 64.5 Å². The van der Waals surface area contributed by atoms with Crippen LogP contribution in [0.1, 0.15) is 52.9 Å². The number of ether oxygens (including phenoxy) is 2. The summed E-state index contributed by atoms with van der Waals surface area (Å²) in [5.74, 6) is 0.622. The fraction of sp³-hybridized carbons (Fsp3) is 0.933. The van der Waals surface area contributed by atoms with Crippen molar-refractivity contribution in [3.63, 3.8) is 0 Å². The maximum absolute atomic E-state index is 11.8. The monoisotopic (exact) mass is 271 g/mol. The molecule has 0 radical (unpaired) electrons. The second-order valence-electron chi connectivity index (χ2n) is 5.86. The van der Waals surface area contributed by atoms with E-state index in [-0.39, 0.29) is 5.97 Å². The molecule has 4 heteroatoms. The van der Waals surface area contributed by atoms with Gasteiger partial charge in [-0.05, 0) is 51.5 Å². The Morgan fingerprint density at radius 1 is 1.32 bits per heavy atom. The van der Waals surface area contributed by atoms with E-state index >= 15 is 0 Å². The molecule has 0 aliphatic heterocycles. The number of rotatable bonds is 7. The minimum absolute atomic E-state index is 0.213. The smallest absolute Gasteiger partial charge is 0.325 e. The Labute approximate surface area is 117 Å². The van der Waals surface area contributed by atoms with E-state index in [0.717, 1.165) is 25.3 Å². The lowest BCUT2D eigenvalue weighted by Gasteiger charge is -2.30. The van der Waals surface area contributed by atoms with Gasteiger partial charge in [-0.1, -0.05) is 13.8 Å². The van der Waals surface area contributed by atoms with Crippen LogP contribution in [0, 0.1) is 5.92 Å². The summed E-state index contributed by atoms with van der Waals surface area (Å²) in [6.45, 7) is 7.53. The van der Waals surface area contributed by atoms with Crippen LogP contribution in [0.25, 0.3) is 0 Å². The molecule has 1 rings (SSSR count). The third-order valence-corrected chi connectivity index (χ3v) is 4.12. The van der Waals surface area contributed by atoms with Crippen molar-refractivity contribution in [1.82, 2.24) is 5.32 Å². The zero-order valence-electron chi connectivity index (χ0n) is 12.8. The van der Waals surface area contributed by atoms with Crippen LogP contribution in [-0.4, -0.2) is 37.9 Å². The average molecular weight is 271 g/mol. The third-order valence-electron chi connectivity index (χ3n) is 4.12. The quantitative estimate of drug-likeness (QED) is 0.723. The van der Waals surface area contributed by atoms with Crippen LogP contribution in [0.3, 0.4) is 0 Å². The van der Waals surface area contributed by atoms with E-state index < -0.39 is 5.54 Å². The summed E-state index contributed by atoms with van der Waals surface area (Å²) in [5, 5.41) is 3.20. The average Bonchev–Trinajstić information content (AvgIpc) is 2.40. The van der Waals surface area contributed by atoms with Gasteiger partial charge in [0.25, 0.3) is 0 Å². The highest BCUT2D eigenvalue weighted by molar-refractivity contribution is 5.80. The number of nitrogens with one attached hydrogen (secondary N) is 1. The number of carbonyl (C=O) groups excluding carboxylic acids is 1. The fourth-order valence-electron chi connectivity index (χ4n) is 2.70. The minimum atomic E-state index is -0.633. The van der Waals surface area contributed by atoms with Gasteiger partial charge in [0.15, 0.2) is 0 Å². The summed E-state index contributed by atoms with van der Waals surface area (Å²) in [6, 6.07) is 0. The Hall–Kier alpha value is -0.610. The zero-order valence-corrected chi connectivity index (χ0v) is 12.8. The van der Waals surface area contributed by atoms with Crippen LogP contribution in [0.2, 0.25) is 0 Å². The van der Waals surface area contributed by atoms with Crippen molar-refractivity contribution in [3.05, 3.63) is 0 Å². The standard InChI is InChI=1S/C15H29NO3/c1-5-16-15(3,14(17)18-4)10-11-19-13-8-6-12(2)7-9-13/h12-13,16H,5-11H2,1-4H3. The summed E-state index contributed by atoms with van der Waals surface area (Å²) < 4.78 is 10.8. The third kappa shape index (κ3) is 5.11. The van der Waals surface area contributed by atoms with Gasteiger partial charge >= 0.3 is 5.97 Å². The van der Waals surface area contributed by atoms with Gasteiger partial charge in [0.1, 0.15) is 5.54 Å². The summed E-state index contributed by atoms with van der Waals surface area (Å²) in [7, 11) is 1.43. The van der Waals surface area contributed by atoms with E-state index in [4.69, 9.17) is 9.47 Å². The van der Waals surface area contributed by atoms with E-state index in [1.807, 2.05) is 13.8 Å². The number of likely N-dealkylation sites (N-methyl/N-ethyl adjacent to an activating group) is 1. The van der Waals surface area contributed by atoms with E-state index in [0.29, 0.717) is 19.1 Å². The van der Waals surface area contributed by atoms with Gasteiger partial charge in [0, 0.05) is 6.61 Å². The molecule has 1 unspecified atom stereocenters. The first kappa shape index (κ1) is 16.4. The first-order chi connectivity index (χ1) is 9.01. The molecule has 0 aromatic heterocycles. The molecule has 1 aliphatic carbocycles. The van der Waals surface area contributed by atoms with Crippen LogP contribution < -0.4 is 5.32 Å². The number of carbonyl (C=O) groups is 1. The summed E-state index contributed by atoms with van der Waals surface area (Å²) in [5.41, 5.74) is -0.633. The molecule has 0 aromatic rings. The predicted octanol–water partition coefficient (Wildman–Crippen LogP) is 2.51. The van der Waals surface area contributed by atoms with E-state index in [9.17, 15) is 4.79 Å². The van der Waals surface area contributed by atoms with Crippen LogP contribution in [0.4, 0.5) is 0 Å². The maximum atomic E-state index is 11.8. The van der Waals surface area contributed by atoms with Gasteiger partial charge in [-0.2, -0.15) is 0 Å². The Bertz CT molecular complexity index is 275. The molecule has 1 atom stereocenters. The van der Waals surface area contributed by atoms with Crippen LogP contribution in [0.5, 0.6) is 0 Å². The van der Waals surface area contributed by atoms with Crippen molar-refractivity contribution < 1.29 is 14.3 Å². The lowest BCUT2D eigenvalue weighted by molar-refractivity contribution is -0.149. The molecule has 0 heterocycles. The zero-order chi connectivity index (χ0) is 14.3. The Balaban J connectivity index is 2.34. The molecule has 1 fully saturated rings. The molecule has 0 aromatic carbocycles. The molecular formula is C15H29NO3. The Morgan fingerprint density at radius 3 is 2.47 bits per heavy atom. The summed E-state index contributed by atoms with van der Waals surface area (Å²) in [4.78, 5) is 11.8. The second kappa shape index (κ2) is 7.85. The first-order valence-corrected chi connectivity index (χ1v) is 7.47. The highest BCUT2D eigenvalue weighted by Crippen LogP contribution is 2.26. The Morgan fingerprint density at radius 2 is 1.95 bits per heavy atom. The molecular weight excluding hydrogens is 242 g/mol. The van der Waals surface area contributed by atoms with Crippen molar-refractivity contribution in [2.75, 3.05) is 20.3 Å². The molecule has 19 heavy (non-hydrogen) atoms. The molecule has 0 amide bonds. The fourth-order valence-corrected chi connectivity index (χ4v) is 2.70. The largest absolute Gasteiger partial charge is 0.468 e. The lowest BCUT2D eigenvalue weighted by atomic mass is 9.89. The number of methoxy groups -OCH3 is 1. The van der Waals surface area contributed by atoms with Crippen LogP contribution >= 0.6 is 0 Å². The topological polar surface area (TPSA) is 47.6 Å². The number of esters is 1.